The fraction of sp³-hybridized carbons (Fsp3) is 0. The van der Waals surface area contributed by atoms with Crippen LogP contribution in [0.15, 0.2) is 207 Å². The average Bonchev–Trinajstić information content (AvgIpc) is 3.32. The van der Waals surface area contributed by atoms with Gasteiger partial charge in [0.1, 0.15) is 0 Å². The van der Waals surface area contributed by atoms with Gasteiger partial charge in [-0.05, 0) is 75.5 Å². The molecule has 6 aromatic carbocycles. The predicted molar refractivity (Wildman–Crippen MR) is 234 cm³/mol. The summed E-state index contributed by atoms with van der Waals surface area (Å²) in [7, 11) is 0. The van der Waals surface area contributed by atoms with Crippen molar-refractivity contribution in [3.8, 4) is 90.1 Å². The molecule has 6 nitrogen and oxygen atoms in total. The molecular formula is C52H34N6. The minimum atomic E-state index is 0.645. The Morgan fingerprint density at radius 2 is 0.741 bits per heavy atom. The maximum atomic E-state index is 5.02. The molecular weight excluding hydrogens is 709 g/mol. The summed E-state index contributed by atoms with van der Waals surface area (Å²) in [4.78, 5) is 28.5. The van der Waals surface area contributed by atoms with E-state index in [1.54, 1.807) is 18.6 Å². The zero-order valence-electron chi connectivity index (χ0n) is 31.3. The highest BCUT2D eigenvalue weighted by Crippen LogP contribution is 2.35. The van der Waals surface area contributed by atoms with E-state index < -0.39 is 0 Å². The molecule has 0 saturated heterocycles. The lowest BCUT2D eigenvalue weighted by Crippen LogP contribution is -1.96. The predicted octanol–water partition coefficient (Wildman–Crippen LogP) is 12.5. The first kappa shape index (κ1) is 34.5. The van der Waals surface area contributed by atoms with Gasteiger partial charge in [-0.25, -0.2) is 19.9 Å². The Morgan fingerprint density at radius 1 is 0.276 bits per heavy atom. The van der Waals surface area contributed by atoms with Gasteiger partial charge in [0.05, 0.1) is 22.8 Å². The third kappa shape index (κ3) is 7.02. The van der Waals surface area contributed by atoms with Gasteiger partial charge < -0.3 is 0 Å². The number of rotatable bonds is 8. The van der Waals surface area contributed by atoms with E-state index in [1.807, 2.05) is 85.1 Å². The van der Waals surface area contributed by atoms with Crippen molar-refractivity contribution in [1.82, 2.24) is 29.9 Å². The van der Waals surface area contributed by atoms with Crippen LogP contribution in [-0.4, -0.2) is 29.9 Å². The van der Waals surface area contributed by atoms with Crippen molar-refractivity contribution in [1.29, 1.82) is 0 Å². The molecule has 0 bridgehead atoms. The molecule has 0 amide bonds. The topological polar surface area (TPSA) is 77.3 Å². The lowest BCUT2D eigenvalue weighted by Gasteiger charge is -2.12. The zero-order chi connectivity index (χ0) is 38.7. The van der Waals surface area contributed by atoms with Crippen molar-refractivity contribution in [2.75, 3.05) is 0 Å². The normalized spacial score (nSPS) is 11.1. The Labute approximate surface area is 336 Å². The second kappa shape index (κ2) is 15.3. The maximum Gasteiger partial charge on any atom is 0.161 e. The number of hydrogen-bond acceptors (Lipinski definition) is 6. The average molecular weight is 743 g/mol. The molecule has 0 atom stereocenters. The van der Waals surface area contributed by atoms with Crippen molar-refractivity contribution in [3.05, 3.63) is 207 Å². The van der Waals surface area contributed by atoms with Crippen molar-refractivity contribution in [2.24, 2.45) is 0 Å². The van der Waals surface area contributed by atoms with Gasteiger partial charge in [0, 0.05) is 58.2 Å². The van der Waals surface area contributed by atoms with Crippen molar-refractivity contribution in [3.63, 3.8) is 0 Å². The maximum absolute atomic E-state index is 5.02. The van der Waals surface area contributed by atoms with Crippen LogP contribution in [0.25, 0.3) is 101 Å². The minimum Gasteiger partial charge on any atom is -0.264 e. The fourth-order valence-corrected chi connectivity index (χ4v) is 7.31. The Bertz CT molecular complexity index is 2890. The van der Waals surface area contributed by atoms with Gasteiger partial charge >= 0.3 is 0 Å². The van der Waals surface area contributed by atoms with Crippen LogP contribution < -0.4 is 0 Å². The third-order valence-electron chi connectivity index (χ3n) is 10.3. The Hall–Kier alpha value is -7.96. The third-order valence-corrected chi connectivity index (χ3v) is 10.3. The quantitative estimate of drug-likeness (QED) is 0.154. The van der Waals surface area contributed by atoms with E-state index in [4.69, 9.17) is 19.9 Å². The first-order chi connectivity index (χ1) is 28.7. The molecule has 0 aliphatic heterocycles. The molecule has 0 N–H and O–H groups in total. The Kier molecular flexibility index (Phi) is 9.10. The second-order valence-electron chi connectivity index (χ2n) is 14.0. The van der Waals surface area contributed by atoms with Crippen LogP contribution in [0.5, 0.6) is 0 Å². The van der Waals surface area contributed by atoms with Gasteiger partial charge in [0.25, 0.3) is 0 Å². The molecule has 6 heteroatoms. The smallest absolute Gasteiger partial charge is 0.161 e. The van der Waals surface area contributed by atoms with Gasteiger partial charge in [0.2, 0.25) is 0 Å². The highest BCUT2D eigenvalue weighted by Gasteiger charge is 2.14. The standard InChI is InChI=1S/C52H34N6/c1-3-10-38(11-4-1)47-31-48(57-52(56-47)44-16-9-29-54-34-44)39-23-18-35(19-24-39)42-27-22-36-14-7-17-45(46(36)30-42)37-20-25-40(26-21-37)49-32-50(43-15-8-28-53-33-43)58-51(55-49)41-12-5-2-6-13-41/h1-34H. The molecule has 272 valence electrons. The highest BCUT2D eigenvalue weighted by atomic mass is 14.9. The number of pyridine rings is 2. The summed E-state index contributed by atoms with van der Waals surface area (Å²) < 4.78 is 0. The molecule has 4 aromatic heterocycles. The van der Waals surface area contributed by atoms with Crippen LogP contribution in [0.2, 0.25) is 0 Å². The number of benzene rings is 6. The number of hydrogen-bond donors (Lipinski definition) is 0. The summed E-state index contributed by atoms with van der Waals surface area (Å²) in [6.07, 6.45) is 7.18. The largest absolute Gasteiger partial charge is 0.264 e. The van der Waals surface area contributed by atoms with Gasteiger partial charge in [-0.3, -0.25) is 9.97 Å². The van der Waals surface area contributed by atoms with Gasteiger partial charge in [-0.15, -0.1) is 0 Å². The molecule has 0 saturated carbocycles. The molecule has 4 heterocycles. The Morgan fingerprint density at radius 3 is 1.33 bits per heavy atom. The molecule has 0 unspecified atom stereocenters. The van der Waals surface area contributed by atoms with Crippen LogP contribution in [0.4, 0.5) is 0 Å². The molecule has 0 radical (unpaired) electrons. The number of aromatic nitrogens is 6. The molecule has 0 spiro atoms. The minimum absolute atomic E-state index is 0.645. The molecule has 10 aromatic rings. The van der Waals surface area contributed by atoms with E-state index >= 15 is 0 Å². The van der Waals surface area contributed by atoms with Crippen LogP contribution in [0.3, 0.4) is 0 Å². The van der Waals surface area contributed by atoms with E-state index in [-0.39, 0.29) is 0 Å². The van der Waals surface area contributed by atoms with Crippen LogP contribution in [-0.2, 0) is 0 Å². The van der Waals surface area contributed by atoms with Crippen molar-refractivity contribution in [2.45, 2.75) is 0 Å². The lowest BCUT2D eigenvalue weighted by molar-refractivity contribution is 1.17. The van der Waals surface area contributed by atoms with Gasteiger partial charge in [-0.1, -0.05) is 140 Å². The van der Waals surface area contributed by atoms with Crippen LogP contribution in [0.1, 0.15) is 0 Å². The first-order valence-electron chi connectivity index (χ1n) is 19.2. The number of fused-ring (bicyclic) bond motifs is 1. The first-order valence-corrected chi connectivity index (χ1v) is 19.2. The monoisotopic (exact) mass is 742 g/mol. The molecule has 0 aliphatic rings. The Balaban J connectivity index is 0.976. The van der Waals surface area contributed by atoms with Crippen molar-refractivity contribution < 1.29 is 0 Å². The van der Waals surface area contributed by atoms with E-state index in [9.17, 15) is 0 Å². The fourth-order valence-electron chi connectivity index (χ4n) is 7.31. The molecule has 10 rings (SSSR count). The second-order valence-corrected chi connectivity index (χ2v) is 14.0. The highest BCUT2D eigenvalue weighted by molar-refractivity contribution is 5.99. The summed E-state index contributed by atoms with van der Waals surface area (Å²) in [6.45, 7) is 0. The summed E-state index contributed by atoms with van der Waals surface area (Å²) in [5.74, 6) is 1.33. The van der Waals surface area contributed by atoms with Gasteiger partial charge in [0.15, 0.2) is 11.6 Å². The van der Waals surface area contributed by atoms with Crippen LogP contribution in [0, 0.1) is 0 Å². The lowest BCUT2D eigenvalue weighted by atomic mass is 9.93. The summed E-state index contributed by atoms with van der Waals surface area (Å²) in [5, 5.41) is 2.37. The molecule has 0 fully saturated rings. The summed E-state index contributed by atoms with van der Waals surface area (Å²) in [6, 6.07) is 62.8. The van der Waals surface area contributed by atoms with E-state index in [0.717, 1.165) is 72.8 Å². The van der Waals surface area contributed by atoms with E-state index in [2.05, 4.69) is 113 Å². The van der Waals surface area contributed by atoms with E-state index in [1.165, 1.54) is 16.3 Å². The zero-order valence-corrected chi connectivity index (χ0v) is 31.3. The van der Waals surface area contributed by atoms with Crippen molar-refractivity contribution >= 4 is 10.8 Å². The number of nitrogens with zero attached hydrogens (tertiary/aromatic N) is 6. The van der Waals surface area contributed by atoms with Crippen LogP contribution >= 0.6 is 0 Å². The molecule has 58 heavy (non-hydrogen) atoms. The summed E-state index contributed by atoms with van der Waals surface area (Å²) >= 11 is 0. The van der Waals surface area contributed by atoms with E-state index in [0.29, 0.717) is 11.6 Å². The van der Waals surface area contributed by atoms with Gasteiger partial charge in [-0.2, -0.15) is 0 Å². The SMILES string of the molecule is c1ccc(-c2cc(-c3ccc(-c4ccc5cccc(-c6ccc(-c7cc(-c8cccnc8)nc(-c8ccccc8)n7)cc6)c5c4)cc3)nc(-c3cccnc3)n2)cc1. The molecule has 0 aliphatic carbocycles. The summed E-state index contributed by atoms with van der Waals surface area (Å²) in [5.41, 5.74) is 13.8.